The number of amides is 1. The fourth-order valence-electron chi connectivity index (χ4n) is 3.13. The molecule has 0 saturated carbocycles. The normalized spacial score (nSPS) is 12.2. The van der Waals surface area contributed by atoms with Gasteiger partial charge in [-0.2, -0.15) is 0 Å². The summed E-state index contributed by atoms with van der Waals surface area (Å²) in [6.07, 6.45) is 0.589. The molecule has 1 atom stereocenters. The van der Waals surface area contributed by atoms with Crippen molar-refractivity contribution in [2.75, 3.05) is 12.4 Å². The Morgan fingerprint density at radius 3 is 2.33 bits per heavy atom. The van der Waals surface area contributed by atoms with Crippen molar-refractivity contribution in [2.24, 2.45) is 0 Å². The number of benzene rings is 1. The lowest BCUT2D eigenvalue weighted by atomic mass is 9.94. The predicted molar refractivity (Wildman–Crippen MR) is 118 cm³/mol. The van der Waals surface area contributed by atoms with Gasteiger partial charge < -0.3 is 14.8 Å². The summed E-state index contributed by atoms with van der Waals surface area (Å²) in [5, 5.41) is 3.13. The van der Waals surface area contributed by atoms with Gasteiger partial charge in [0.2, 0.25) is 5.91 Å². The van der Waals surface area contributed by atoms with Crippen molar-refractivity contribution in [1.82, 2.24) is 0 Å². The van der Waals surface area contributed by atoms with E-state index in [2.05, 4.69) is 5.32 Å². The standard InChI is InChI=1S/C23H29NO5S/c1-8-16(15-11-9-10-13(2)12-15)19(25)24-20-17(21(26)28-7)14(3)18(30-20)22(27)29-23(4,5)6/h9-12,16H,8H2,1-7H3,(H,24,25). The van der Waals surface area contributed by atoms with Crippen LogP contribution in [0.25, 0.3) is 0 Å². The molecule has 1 unspecified atom stereocenters. The zero-order chi connectivity index (χ0) is 22.6. The van der Waals surface area contributed by atoms with E-state index >= 15 is 0 Å². The Kier molecular flexibility index (Phi) is 7.42. The number of hydrogen-bond acceptors (Lipinski definition) is 6. The second-order valence-corrected chi connectivity index (χ2v) is 9.14. The molecule has 7 heteroatoms. The van der Waals surface area contributed by atoms with E-state index in [1.807, 2.05) is 38.1 Å². The average Bonchev–Trinajstić information content (AvgIpc) is 2.96. The number of hydrogen-bond donors (Lipinski definition) is 1. The van der Waals surface area contributed by atoms with Crippen LogP contribution in [-0.4, -0.2) is 30.6 Å². The molecule has 1 amide bonds. The first-order chi connectivity index (χ1) is 14.0. The lowest BCUT2D eigenvalue weighted by molar-refractivity contribution is -0.117. The highest BCUT2D eigenvalue weighted by atomic mass is 32.1. The molecule has 1 N–H and O–H groups in total. The Bertz CT molecular complexity index is 955. The van der Waals surface area contributed by atoms with Crippen molar-refractivity contribution in [3.8, 4) is 0 Å². The van der Waals surface area contributed by atoms with Crippen LogP contribution in [0.4, 0.5) is 5.00 Å². The molecule has 0 aliphatic carbocycles. The van der Waals surface area contributed by atoms with Gasteiger partial charge in [0, 0.05) is 0 Å². The number of nitrogens with one attached hydrogen (secondary N) is 1. The van der Waals surface area contributed by atoms with E-state index in [0.29, 0.717) is 12.0 Å². The first kappa shape index (κ1) is 23.6. The van der Waals surface area contributed by atoms with Gasteiger partial charge in [-0.25, -0.2) is 9.59 Å². The van der Waals surface area contributed by atoms with Gasteiger partial charge in [-0.1, -0.05) is 36.8 Å². The Balaban J connectivity index is 2.42. The van der Waals surface area contributed by atoms with Crippen molar-refractivity contribution in [2.45, 2.75) is 59.5 Å². The minimum Gasteiger partial charge on any atom is -0.465 e. The van der Waals surface area contributed by atoms with Crippen LogP contribution in [0.3, 0.4) is 0 Å². The van der Waals surface area contributed by atoms with Crippen molar-refractivity contribution in [3.63, 3.8) is 0 Å². The van der Waals surface area contributed by atoms with E-state index in [0.717, 1.165) is 22.5 Å². The quantitative estimate of drug-likeness (QED) is 0.633. The van der Waals surface area contributed by atoms with E-state index < -0.39 is 17.5 Å². The number of carbonyl (C=O) groups is 3. The van der Waals surface area contributed by atoms with E-state index in [1.54, 1.807) is 27.7 Å². The number of thiophene rings is 1. The summed E-state index contributed by atoms with van der Waals surface area (Å²) in [5.41, 5.74) is 1.89. The molecule has 1 aromatic carbocycles. The molecule has 2 aromatic rings. The van der Waals surface area contributed by atoms with Crippen LogP contribution < -0.4 is 5.32 Å². The summed E-state index contributed by atoms with van der Waals surface area (Å²) in [5.74, 6) is -1.79. The first-order valence-electron chi connectivity index (χ1n) is 9.81. The number of aryl methyl sites for hydroxylation is 1. The Hall–Kier alpha value is -2.67. The van der Waals surface area contributed by atoms with Crippen LogP contribution in [0.5, 0.6) is 0 Å². The molecule has 6 nitrogen and oxygen atoms in total. The van der Waals surface area contributed by atoms with Crippen LogP contribution >= 0.6 is 11.3 Å². The zero-order valence-corrected chi connectivity index (χ0v) is 19.4. The third-order valence-corrected chi connectivity index (χ3v) is 5.71. The maximum absolute atomic E-state index is 13.1. The molecular weight excluding hydrogens is 402 g/mol. The van der Waals surface area contributed by atoms with Crippen molar-refractivity contribution in [3.05, 3.63) is 51.4 Å². The molecule has 2 rings (SSSR count). The lowest BCUT2D eigenvalue weighted by Gasteiger charge is -2.19. The van der Waals surface area contributed by atoms with Crippen LogP contribution in [0.2, 0.25) is 0 Å². The number of carbonyl (C=O) groups excluding carboxylic acids is 3. The first-order valence-corrected chi connectivity index (χ1v) is 10.6. The molecule has 1 heterocycles. The van der Waals surface area contributed by atoms with Crippen LogP contribution in [0.1, 0.15) is 76.8 Å². The summed E-state index contributed by atoms with van der Waals surface area (Å²) in [7, 11) is 1.26. The monoisotopic (exact) mass is 431 g/mol. The number of ether oxygens (including phenoxy) is 2. The molecule has 0 spiro atoms. The third kappa shape index (κ3) is 5.48. The number of anilines is 1. The molecule has 0 fully saturated rings. The molecule has 1 aromatic heterocycles. The van der Waals surface area contributed by atoms with E-state index in [4.69, 9.17) is 9.47 Å². The molecule has 0 saturated heterocycles. The zero-order valence-electron chi connectivity index (χ0n) is 18.5. The lowest BCUT2D eigenvalue weighted by Crippen LogP contribution is -2.23. The summed E-state index contributed by atoms with van der Waals surface area (Å²) >= 11 is 1.03. The van der Waals surface area contributed by atoms with Gasteiger partial charge in [0.1, 0.15) is 15.5 Å². The Morgan fingerprint density at radius 1 is 1.13 bits per heavy atom. The predicted octanol–water partition coefficient (Wildman–Crippen LogP) is 5.24. The van der Waals surface area contributed by atoms with Gasteiger partial charge in [0.25, 0.3) is 0 Å². The molecule has 30 heavy (non-hydrogen) atoms. The van der Waals surface area contributed by atoms with Gasteiger partial charge in [0.05, 0.1) is 18.6 Å². The minimum absolute atomic E-state index is 0.177. The second-order valence-electron chi connectivity index (χ2n) is 8.12. The Labute approximate surface area is 181 Å². The molecule has 162 valence electrons. The highest BCUT2D eigenvalue weighted by Crippen LogP contribution is 2.36. The fourth-order valence-corrected chi connectivity index (χ4v) is 4.20. The van der Waals surface area contributed by atoms with Gasteiger partial charge in [-0.05, 0) is 52.2 Å². The van der Waals surface area contributed by atoms with E-state index in [-0.39, 0.29) is 27.3 Å². The number of methoxy groups -OCH3 is 1. The number of rotatable bonds is 6. The smallest absolute Gasteiger partial charge is 0.349 e. The summed E-state index contributed by atoms with van der Waals surface area (Å²) in [4.78, 5) is 38.3. The van der Waals surface area contributed by atoms with E-state index in [9.17, 15) is 14.4 Å². The summed E-state index contributed by atoms with van der Waals surface area (Å²) < 4.78 is 10.3. The fraction of sp³-hybridized carbons (Fsp3) is 0.435. The second kappa shape index (κ2) is 9.43. The van der Waals surface area contributed by atoms with Gasteiger partial charge in [-0.15, -0.1) is 11.3 Å². The van der Waals surface area contributed by atoms with E-state index in [1.165, 1.54) is 7.11 Å². The molecule has 0 radical (unpaired) electrons. The topological polar surface area (TPSA) is 81.7 Å². The molecule has 0 bridgehead atoms. The summed E-state index contributed by atoms with van der Waals surface area (Å²) in [6.45, 7) is 10.9. The van der Waals surface area contributed by atoms with Crippen molar-refractivity contribution in [1.29, 1.82) is 0 Å². The van der Waals surface area contributed by atoms with Gasteiger partial charge in [0.15, 0.2) is 0 Å². The van der Waals surface area contributed by atoms with Gasteiger partial charge in [-0.3, -0.25) is 4.79 Å². The van der Waals surface area contributed by atoms with Crippen LogP contribution in [-0.2, 0) is 14.3 Å². The SMILES string of the molecule is CCC(C(=O)Nc1sc(C(=O)OC(C)(C)C)c(C)c1C(=O)OC)c1cccc(C)c1. The van der Waals surface area contributed by atoms with Crippen LogP contribution in [0, 0.1) is 13.8 Å². The highest BCUT2D eigenvalue weighted by Gasteiger charge is 2.30. The van der Waals surface area contributed by atoms with Crippen molar-refractivity contribution >= 4 is 34.2 Å². The Morgan fingerprint density at radius 2 is 1.80 bits per heavy atom. The molecular formula is C23H29NO5S. The highest BCUT2D eigenvalue weighted by molar-refractivity contribution is 7.18. The minimum atomic E-state index is -0.680. The van der Waals surface area contributed by atoms with Gasteiger partial charge >= 0.3 is 11.9 Å². The average molecular weight is 432 g/mol. The maximum Gasteiger partial charge on any atom is 0.349 e. The number of esters is 2. The maximum atomic E-state index is 13.1. The molecule has 0 aliphatic heterocycles. The largest absolute Gasteiger partial charge is 0.465 e. The van der Waals surface area contributed by atoms with Crippen LogP contribution in [0.15, 0.2) is 24.3 Å². The third-order valence-electron chi connectivity index (χ3n) is 4.53. The summed E-state index contributed by atoms with van der Waals surface area (Å²) in [6, 6.07) is 7.77. The molecule has 0 aliphatic rings. The van der Waals surface area contributed by atoms with Crippen molar-refractivity contribution < 1.29 is 23.9 Å².